The monoisotopic (exact) mass is 304 g/mol. The van der Waals surface area contributed by atoms with Crippen LogP contribution in [-0.2, 0) is 10.0 Å². The van der Waals surface area contributed by atoms with Crippen molar-refractivity contribution in [1.29, 1.82) is 0 Å². The number of sulfonamides is 1. The van der Waals surface area contributed by atoms with Crippen LogP contribution in [0.5, 0.6) is 5.75 Å². The van der Waals surface area contributed by atoms with E-state index in [2.05, 4.69) is 4.98 Å². The molecule has 2 N–H and O–H groups in total. The predicted molar refractivity (Wildman–Crippen MR) is 73.6 cm³/mol. The molecule has 0 aliphatic heterocycles. The van der Waals surface area contributed by atoms with E-state index < -0.39 is 10.0 Å². The lowest BCUT2D eigenvalue weighted by Gasteiger charge is -2.27. The number of nitrogens with zero attached hydrogens (tertiary/aromatic N) is 1. The molecule has 0 bridgehead atoms. The normalized spacial score (nSPS) is 18.4. The summed E-state index contributed by atoms with van der Waals surface area (Å²) in [6, 6.07) is 1.66. The Kier molecular flexibility index (Phi) is 4.32. The smallest absolute Gasteiger partial charge is 0.209 e. The van der Waals surface area contributed by atoms with Gasteiger partial charge in [-0.05, 0) is 12.8 Å². The van der Waals surface area contributed by atoms with Gasteiger partial charge in [-0.15, -0.1) is 0 Å². The molecule has 19 heavy (non-hydrogen) atoms. The second kappa shape index (κ2) is 5.64. The highest BCUT2D eigenvalue weighted by atomic mass is 35.5. The SMILES string of the molecule is NS(=O)(=O)CC1(COc2cncc(Cl)c2)CCCC1. The van der Waals surface area contributed by atoms with Crippen molar-refractivity contribution < 1.29 is 13.2 Å². The van der Waals surface area contributed by atoms with Gasteiger partial charge in [-0.25, -0.2) is 13.6 Å². The third kappa shape index (κ3) is 4.33. The molecule has 7 heteroatoms. The Labute approximate surface area is 118 Å². The van der Waals surface area contributed by atoms with Crippen LogP contribution < -0.4 is 9.88 Å². The number of pyridine rings is 1. The van der Waals surface area contributed by atoms with E-state index in [1.54, 1.807) is 12.3 Å². The first-order chi connectivity index (χ1) is 8.89. The van der Waals surface area contributed by atoms with E-state index in [9.17, 15) is 8.42 Å². The molecule has 0 radical (unpaired) electrons. The van der Waals surface area contributed by atoms with Gasteiger partial charge in [-0.2, -0.15) is 0 Å². The number of primary sulfonamides is 1. The zero-order chi connectivity index (χ0) is 13.9. The topological polar surface area (TPSA) is 82.3 Å². The number of hydrogen-bond donors (Lipinski definition) is 1. The average Bonchev–Trinajstić information content (AvgIpc) is 2.73. The Hall–Kier alpha value is -0.850. The second-order valence-corrected chi connectivity index (χ2v) is 7.19. The molecular weight excluding hydrogens is 288 g/mol. The lowest BCUT2D eigenvalue weighted by molar-refractivity contribution is 0.170. The quantitative estimate of drug-likeness (QED) is 0.901. The molecule has 0 unspecified atom stereocenters. The highest BCUT2D eigenvalue weighted by Gasteiger charge is 2.38. The maximum atomic E-state index is 11.3. The number of ether oxygens (including phenoxy) is 1. The third-order valence-electron chi connectivity index (χ3n) is 3.40. The van der Waals surface area contributed by atoms with Crippen molar-refractivity contribution >= 4 is 21.6 Å². The molecular formula is C12H17ClN2O3S. The van der Waals surface area contributed by atoms with E-state index in [1.165, 1.54) is 6.20 Å². The number of aromatic nitrogens is 1. The van der Waals surface area contributed by atoms with Gasteiger partial charge in [0.25, 0.3) is 0 Å². The summed E-state index contributed by atoms with van der Waals surface area (Å²) in [6.07, 6.45) is 6.73. The number of nitrogens with two attached hydrogens (primary N) is 1. The van der Waals surface area contributed by atoms with E-state index in [-0.39, 0.29) is 11.2 Å². The van der Waals surface area contributed by atoms with Crippen LogP contribution in [0.25, 0.3) is 0 Å². The molecule has 5 nitrogen and oxygen atoms in total. The first-order valence-corrected chi connectivity index (χ1v) is 8.22. The Morgan fingerprint density at radius 3 is 2.63 bits per heavy atom. The molecule has 1 heterocycles. The van der Waals surface area contributed by atoms with Crippen molar-refractivity contribution in [1.82, 2.24) is 4.98 Å². The van der Waals surface area contributed by atoms with Crippen LogP contribution >= 0.6 is 11.6 Å². The van der Waals surface area contributed by atoms with Crippen molar-refractivity contribution in [2.75, 3.05) is 12.4 Å². The van der Waals surface area contributed by atoms with E-state index in [0.29, 0.717) is 17.4 Å². The van der Waals surface area contributed by atoms with Gasteiger partial charge in [0.1, 0.15) is 5.75 Å². The van der Waals surface area contributed by atoms with Crippen LogP contribution in [-0.4, -0.2) is 25.8 Å². The number of halogens is 1. The summed E-state index contributed by atoms with van der Waals surface area (Å²) in [4.78, 5) is 3.93. The number of rotatable bonds is 5. The Morgan fingerprint density at radius 2 is 2.05 bits per heavy atom. The fourth-order valence-corrected chi connectivity index (χ4v) is 3.98. The van der Waals surface area contributed by atoms with Crippen LogP contribution in [0.2, 0.25) is 5.02 Å². The van der Waals surface area contributed by atoms with E-state index in [0.717, 1.165) is 25.7 Å². The van der Waals surface area contributed by atoms with Gasteiger partial charge < -0.3 is 4.74 Å². The van der Waals surface area contributed by atoms with Gasteiger partial charge in [0.15, 0.2) is 0 Å². The molecule has 0 amide bonds. The first-order valence-electron chi connectivity index (χ1n) is 6.12. The highest BCUT2D eigenvalue weighted by Crippen LogP contribution is 2.39. The second-order valence-electron chi connectivity index (χ2n) is 5.14. The zero-order valence-electron chi connectivity index (χ0n) is 10.5. The highest BCUT2D eigenvalue weighted by molar-refractivity contribution is 7.89. The molecule has 1 aromatic heterocycles. The van der Waals surface area contributed by atoms with Crippen LogP contribution in [0.4, 0.5) is 0 Å². The Morgan fingerprint density at radius 1 is 1.37 bits per heavy atom. The molecule has 0 atom stereocenters. The molecule has 1 saturated carbocycles. The van der Waals surface area contributed by atoms with E-state index in [4.69, 9.17) is 21.5 Å². The fourth-order valence-electron chi connectivity index (χ4n) is 2.59. The third-order valence-corrected chi connectivity index (χ3v) is 4.62. The van der Waals surface area contributed by atoms with Gasteiger partial charge in [-0.3, -0.25) is 4.98 Å². The first kappa shape index (κ1) is 14.6. The summed E-state index contributed by atoms with van der Waals surface area (Å²) in [5, 5.41) is 5.67. The van der Waals surface area contributed by atoms with Crippen molar-refractivity contribution in [3.05, 3.63) is 23.5 Å². The van der Waals surface area contributed by atoms with Crippen molar-refractivity contribution in [3.63, 3.8) is 0 Å². The van der Waals surface area contributed by atoms with Crippen LogP contribution in [0.15, 0.2) is 18.5 Å². The Bertz CT molecular complexity index is 542. The van der Waals surface area contributed by atoms with Crippen molar-refractivity contribution in [3.8, 4) is 5.75 Å². The van der Waals surface area contributed by atoms with Gasteiger partial charge in [0.2, 0.25) is 10.0 Å². The van der Waals surface area contributed by atoms with Crippen molar-refractivity contribution in [2.45, 2.75) is 25.7 Å². The summed E-state index contributed by atoms with van der Waals surface area (Å²) < 4.78 is 28.3. The molecule has 0 aromatic carbocycles. The summed E-state index contributed by atoms with van der Waals surface area (Å²) >= 11 is 5.82. The average molecular weight is 305 g/mol. The molecule has 106 valence electrons. The zero-order valence-corrected chi connectivity index (χ0v) is 12.1. The van der Waals surface area contributed by atoms with Gasteiger partial charge >= 0.3 is 0 Å². The minimum absolute atomic E-state index is 0.0337. The fraction of sp³-hybridized carbons (Fsp3) is 0.583. The van der Waals surface area contributed by atoms with Gasteiger partial charge in [-0.1, -0.05) is 24.4 Å². The molecule has 2 rings (SSSR count). The van der Waals surface area contributed by atoms with Crippen molar-refractivity contribution in [2.24, 2.45) is 10.6 Å². The molecule has 1 fully saturated rings. The van der Waals surface area contributed by atoms with E-state index in [1.807, 2.05) is 0 Å². The molecule has 0 saturated heterocycles. The minimum Gasteiger partial charge on any atom is -0.491 e. The molecule has 1 aliphatic carbocycles. The van der Waals surface area contributed by atoms with Crippen LogP contribution in [0.3, 0.4) is 0 Å². The van der Waals surface area contributed by atoms with Gasteiger partial charge in [0.05, 0.1) is 23.6 Å². The van der Waals surface area contributed by atoms with Crippen LogP contribution in [0, 0.1) is 5.41 Å². The lowest BCUT2D eigenvalue weighted by Crippen LogP contribution is -2.36. The largest absolute Gasteiger partial charge is 0.491 e. The minimum atomic E-state index is -3.50. The predicted octanol–water partition coefficient (Wildman–Crippen LogP) is 1.96. The maximum Gasteiger partial charge on any atom is 0.209 e. The molecule has 1 aromatic rings. The summed E-state index contributed by atoms with van der Waals surface area (Å²) in [5.74, 6) is 0.516. The lowest BCUT2D eigenvalue weighted by atomic mass is 9.90. The Balaban J connectivity index is 2.05. The van der Waals surface area contributed by atoms with Gasteiger partial charge in [0, 0.05) is 17.7 Å². The molecule has 1 aliphatic rings. The van der Waals surface area contributed by atoms with Crippen LogP contribution in [0.1, 0.15) is 25.7 Å². The van der Waals surface area contributed by atoms with E-state index >= 15 is 0 Å². The summed E-state index contributed by atoms with van der Waals surface area (Å²) in [5.41, 5.74) is -0.379. The summed E-state index contributed by atoms with van der Waals surface area (Å²) in [6.45, 7) is 0.325. The number of hydrogen-bond acceptors (Lipinski definition) is 4. The summed E-state index contributed by atoms with van der Waals surface area (Å²) in [7, 11) is -3.50. The maximum absolute atomic E-state index is 11.3. The molecule has 0 spiro atoms. The standard InChI is InChI=1S/C12H17ClN2O3S/c13-10-5-11(7-15-6-10)18-8-12(3-1-2-4-12)9-19(14,16)17/h5-7H,1-4,8-9H2,(H2,14,16,17).